The summed E-state index contributed by atoms with van der Waals surface area (Å²) in [5.41, 5.74) is 6.41. The smallest absolute Gasteiger partial charge is 0.0670 e. The molecule has 0 amide bonds. The van der Waals surface area contributed by atoms with Crippen LogP contribution in [-0.2, 0) is 4.74 Å². The fourth-order valence-corrected chi connectivity index (χ4v) is 4.39. The molecular weight excluding hydrogens is 248 g/mol. The van der Waals surface area contributed by atoms with Crippen molar-refractivity contribution in [3.8, 4) is 0 Å². The average Bonchev–Trinajstić information content (AvgIpc) is 2.47. The summed E-state index contributed by atoms with van der Waals surface area (Å²) in [5.74, 6) is 0.799. The highest BCUT2D eigenvalue weighted by Crippen LogP contribution is 2.41. The average molecular weight is 282 g/mol. The molecule has 1 heterocycles. The minimum atomic E-state index is 0.00375. The van der Waals surface area contributed by atoms with Gasteiger partial charge < -0.3 is 10.5 Å². The predicted molar refractivity (Wildman–Crippen MR) is 84.9 cm³/mol. The standard InChI is InChI=1S/C17H34N2O/c1-5-16(3)12-17(13-18,10-11-20-16)19(4)15-9-7-6-8-14(15)2/h14-15H,5-13,18H2,1-4H3. The topological polar surface area (TPSA) is 38.5 Å². The van der Waals surface area contributed by atoms with E-state index in [-0.39, 0.29) is 11.1 Å². The largest absolute Gasteiger partial charge is 0.375 e. The molecule has 2 rings (SSSR count). The van der Waals surface area contributed by atoms with Crippen LogP contribution >= 0.6 is 0 Å². The van der Waals surface area contributed by atoms with Gasteiger partial charge in [-0.15, -0.1) is 0 Å². The Morgan fingerprint density at radius 3 is 2.60 bits per heavy atom. The molecule has 2 fully saturated rings. The van der Waals surface area contributed by atoms with Crippen LogP contribution in [0.1, 0.15) is 65.7 Å². The van der Waals surface area contributed by atoms with Crippen LogP contribution in [0.3, 0.4) is 0 Å². The van der Waals surface area contributed by atoms with Crippen molar-refractivity contribution in [2.45, 2.75) is 82.9 Å². The van der Waals surface area contributed by atoms with Gasteiger partial charge in [-0.1, -0.05) is 26.7 Å². The van der Waals surface area contributed by atoms with Gasteiger partial charge in [-0.25, -0.2) is 0 Å². The highest BCUT2D eigenvalue weighted by molar-refractivity contribution is 5.02. The summed E-state index contributed by atoms with van der Waals surface area (Å²) < 4.78 is 6.05. The molecule has 0 bridgehead atoms. The summed E-state index contributed by atoms with van der Waals surface area (Å²) in [7, 11) is 2.32. The van der Waals surface area contributed by atoms with Crippen molar-refractivity contribution in [3.05, 3.63) is 0 Å². The van der Waals surface area contributed by atoms with Gasteiger partial charge in [0.15, 0.2) is 0 Å². The van der Waals surface area contributed by atoms with E-state index >= 15 is 0 Å². The molecule has 4 unspecified atom stereocenters. The molecule has 2 aliphatic rings. The number of ether oxygens (including phenoxy) is 1. The van der Waals surface area contributed by atoms with E-state index < -0.39 is 0 Å². The van der Waals surface area contributed by atoms with Gasteiger partial charge >= 0.3 is 0 Å². The van der Waals surface area contributed by atoms with E-state index in [2.05, 4.69) is 32.7 Å². The van der Waals surface area contributed by atoms with Crippen LogP contribution in [-0.4, -0.2) is 42.3 Å². The van der Waals surface area contributed by atoms with Gasteiger partial charge in [0.2, 0.25) is 0 Å². The van der Waals surface area contributed by atoms with Crippen molar-refractivity contribution in [3.63, 3.8) is 0 Å². The monoisotopic (exact) mass is 282 g/mol. The molecule has 0 aromatic carbocycles. The van der Waals surface area contributed by atoms with E-state index in [0.717, 1.165) is 38.3 Å². The number of hydrogen-bond donors (Lipinski definition) is 1. The first-order valence-electron chi connectivity index (χ1n) is 8.53. The van der Waals surface area contributed by atoms with E-state index in [4.69, 9.17) is 10.5 Å². The quantitative estimate of drug-likeness (QED) is 0.860. The summed E-state index contributed by atoms with van der Waals surface area (Å²) in [6.07, 6.45) is 8.72. The second-order valence-corrected chi connectivity index (χ2v) is 7.45. The lowest BCUT2D eigenvalue weighted by Gasteiger charge is -2.54. The van der Waals surface area contributed by atoms with Gasteiger partial charge in [0.1, 0.15) is 0 Å². The Labute approximate surface area is 125 Å². The summed E-state index contributed by atoms with van der Waals surface area (Å²) in [4.78, 5) is 2.65. The molecular formula is C17H34N2O. The van der Waals surface area contributed by atoms with E-state index in [9.17, 15) is 0 Å². The Kier molecular flexibility index (Phi) is 5.14. The third-order valence-electron chi connectivity index (χ3n) is 6.16. The third kappa shape index (κ3) is 3.05. The van der Waals surface area contributed by atoms with Crippen molar-refractivity contribution < 1.29 is 4.74 Å². The Hall–Kier alpha value is -0.120. The minimum Gasteiger partial charge on any atom is -0.375 e. The normalized spacial score (nSPS) is 42.9. The lowest BCUT2D eigenvalue weighted by Crippen LogP contribution is -2.63. The molecule has 0 radical (unpaired) electrons. The lowest BCUT2D eigenvalue weighted by atomic mass is 9.75. The summed E-state index contributed by atoms with van der Waals surface area (Å²) in [5, 5.41) is 0. The lowest BCUT2D eigenvalue weighted by molar-refractivity contribution is -0.136. The molecule has 0 aromatic heterocycles. The maximum Gasteiger partial charge on any atom is 0.0670 e. The summed E-state index contributed by atoms with van der Waals surface area (Å²) >= 11 is 0. The minimum absolute atomic E-state index is 0.00375. The van der Waals surface area contributed by atoms with Crippen LogP contribution in [0, 0.1) is 5.92 Å². The molecule has 1 saturated carbocycles. The van der Waals surface area contributed by atoms with Crippen LogP contribution in [0.5, 0.6) is 0 Å². The molecule has 20 heavy (non-hydrogen) atoms. The van der Waals surface area contributed by atoms with Crippen molar-refractivity contribution >= 4 is 0 Å². The highest BCUT2D eigenvalue weighted by Gasteiger charge is 2.46. The van der Waals surface area contributed by atoms with Crippen LogP contribution in [0.25, 0.3) is 0 Å². The Balaban J connectivity index is 2.16. The van der Waals surface area contributed by atoms with Crippen LogP contribution in [0.4, 0.5) is 0 Å². The third-order valence-corrected chi connectivity index (χ3v) is 6.16. The van der Waals surface area contributed by atoms with Crippen molar-refractivity contribution in [1.82, 2.24) is 4.90 Å². The zero-order valence-corrected chi connectivity index (χ0v) is 14.0. The van der Waals surface area contributed by atoms with Crippen molar-refractivity contribution in [2.75, 3.05) is 20.2 Å². The van der Waals surface area contributed by atoms with Gasteiger partial charge in [0, 0.05) is 24.7 Å². The first-order chi connectivity index (χ1) is 9.46. The zero-order chi connectivity index (χ0) is 14.8. The number of likely N-dealkylation sites (N-methyl/N-ethyl adjacent to an activating group) is 1. The van der Waals surface area contributed by atoms with Crippen molar-refractivity contribution in [2.24, 2.45) is 11.7 Å². The molecule has 3 heteroatoms. The van der Waals surface area contributed by atoms with E-state index in [0.29, 0.717) is 6.04 Å². The first-order valence-corrected chi connectivity index (χ1v) is 8.53. The summed E-state index contributed by atoms with van der Waals surface area (Å²) in [6, 6.07) is 0.700. The van der Waals surface area contributed by atoms with Crippen LogP contribution < -0.4 is 5.73 Å². The SMILES string of the molecule is CCC1(C)CC(CN)(N(C)C2CCCCC2C)CCO1. The number of hydrogen-bond acceptors (Lipinski definition) is 3. The highest BCUT2D eigenvalue weighted by atomic mass is 16.5. The maximum absolute atomic E-state index is 6.27. The van der Waals surface area contributed by atoms with E-state index in [1.807, 2.05) is 0 Å². The molecule has 1 aliphatic heterocycles. The van der Waals surface area contributed by atoms with Crippen LogP contribution in [0.15, 0.2) is 0 Å². The fraction of sp³-hybridized carbons (Fsp3) is 1.00. The van der Waals surface area contributed by atoms with Crippen molar-refractivity contribution in [1.29, 1.82) is 0 Å². The Bertz CT molecular complexity index is 322. The second-order valence-electron chi connectivity index (χ2n) is 7.45. The Morgan fingerprint density at radius 2 is 2.00 bits per heavy atom. The molecule has 4 atom stereocenters. The maximum atomic E-state index is 6.27. The van der Waals surface area contributed by atoms with Gasteiger partial charge in [-0.2, -0.15) is 0 Å². The molecule has 3 nitrogen and oxygen atoms in total. The summed E-state index contributed by atoms with van der Waals surface area (Å²) in [6.45, 7) is 8.52. The number of nitrogens with two attached hydrogens (primary N) is 1. The van der Waals surface area contributed by atoms with Gasteiger partial charge in [0.05, 0.1) is 5.60 Å². The first kappa shape index (κ1) is 16.3. The van der Waals surface area contributed by atoms with Gasteiger partial charge in [-0.3, -0.25) is 4.90 Å². The molecule has 0 spiro atoms. The van der Waals surface area contributed by atoms with Crippen LogP contribution in [0.2, 0.25) is 0 Å². The van der Waals surface area contributed by atoms with Gasteiger partial charge in [0.25, 0.3) is 0 Å². The molecule has 1 saturated heterocycles. The Morgan fingerprint density at radius 1 is 1.30 bits per heavy atom. The molecule has 1 aliphatic carbocycles. The predicted octanol–water partition coefficient (Wildman–Crippen LogP) is 3.17. The van der Waals surface area contributed by atoms with E-state index in [1.54, 1.807) is 0 Å². The molecule has 2 N–H and O–H groups in total. The zero-order valence-electron chi connectivity index (χ0n) is 14.0. The van der Waals surface area contributed by atoms with E-state index in [1.165, 1.54) is 25.7 Å². The fourth-order valence-electron chi connectivity index (χ4n) is 4.39. The molecule has 118 valence electrons. The number of nitrogens with zero attached hydrogens (tertiary/aromatic N) is 1. The second kappa shape index (κ2) is 6.33. The number of rotatable bonds is 4. The van der Waals surface area contributed by atoms with Gasteiger partial charge in [-0.05, 0) is 52.0 Å². The molecule has 0 aromatic rings.